The number of rotatable bonds is 5. The molecular formula is C24H18FN3O2. The molecule has 0 saturated carbocycles. The van der Waals surface area contributed by atoms with Crippen LogP contribution >= 0.6 is 0 Å². The highest BCUT2D eigenvalue weighted by Gasteiger charge is 2.20. The van der Waals surface area contributed by atoms with E-state index in [1.54, 1.807) is 18.2 Å². The van der Waals surface area contributed by atoms with Crippen LogP contribution in [0.2, 0.25) is 0 Å². The SMILES string of the molecule is Cc1c(/C=N\NC(=O)c2ccccc2F)c2ccccn2c1C(=O)c1ccccc1. The summed E-state index contributed by atoms with van der Waals surface area (Å²) in [6, 6.07) is 20.3. The molecule has 4 aromatic rings. The quantitative estimate of drug-likeness (QED) is 0.308. The number of aromatic nitrogens is 1. The number of carbonyl (C=O) groups excluding carboxylic acids is 2. The van der Waals surface area contributed by atoms with Crippen molar-refractivity contribution < 1.29 is 14.0 Å². The molecule has 1 amide bonds. The van der Waals surface area contributed by atoms with E-state index < -0.39 is 11.7 Å². The lowest BCUT2D eigenvalue weighted by Crippen LogP contribution is -2.19. The predicted molar refractivity (Wildman–Crippen MR) is 113 cm³/mol. The standard InChI is InChI=1S/C24H18FN3O2/c1-16-19(15-26-27-24(30)18-11-5-6-12-20(18)25)21-13-7-8-14-28(21)22(16)23(29)17-9-3-2-4-10-17/h2-15H,1H3,(H,27,30)/b26-15-. The molecule has 0 atom stereocenters. The molecule has 2 heterocycles. The van der Waals surface area contributed by atoms with Crippen LogP contribution in [-0.4, -0.2) is 22.3 Å². The number of nitrogens with one attached hydrogen (secondary N) is 1. The minimum absolute atomic E-state index is 0.0898. The van der Waals surface area contributed by atoms with E-state index in [0.29, 0.717) is 16.8 Å². The largest absolute Gasteiger partial charge is 0.313 e. The highest BCUT2D eigenvalue weighted by molar-refractivity contribution is 6.12. The Morgan fingerprint density at radius 1 is 0.967 bits per heavy atom. The number of amides is 1. The van der Waals surface area contributed by atoms with Gasteiger partial charge in [0.05, 0.1) is 23.0 Å². The number of hydrazone groups is 1. The van der Waals surface area contributed by atoms with Gasteiger partial charge in [0, 0.05) is 17.3 Å². The molecule has 30 heavy (non-hydrogen) atoms. The zero-order valence-corrected chi connectivity index (χ0v) is 16.2. The summed E-state index contributed by atoms with van der Waals surface area (Å²) in [5.41, 5.74) is 5.58. The number of pyridine rings is 1. The summed E-state index contributed by atoms with van der Waals surface area (Å²) in [4.78, 5) is 25.3. The number of benzene rings is 2. The fourth-order valence-corrected chi connectivity index (χ4v) is 3.39. The number of carbonyl (C=O) groups is 2. The molecule has 0 saturated heterocycles. The molecule has 4 rings (SSSR count). The second-order valence-corrected chi connectivity index (χ2v) is 6.72. The summed E-state index contributed by atoms with van der Waals surface area (Å²) >= 11 is 0. The Kier molecular flexibility index (Phi) is 5.22. The number of nitrogens with zero attached hydrogens (tertiary/aromatic N) is 2. The Morgan fingerprint density at radius 3 is 2.43 bits per heavy atom. The lowest BCUT2D eigenvalue weighted by atomic mass is 10.0. The summed E-state index contributed by atoms with van der Waals surface area (Å²) in [7, 11) is 0. The van der Waals surface area contributed by atoms with E-state index in [2.05, 4.69) is 10.5 Å². The minimum atomic E-state index is -0.647. The van der Waals surface area contributed by atoms with E-state index in [1.165, 1.54) is 24.4 Å². The molecule has 0 radical (unpaired) electrons. The van der Waals surface area contributed by atoms with Crippen LogP contribution in [0.4, 0.5) is 4.39 Å². The van der Waals surface area contributed by atoms with E-state index in [4.69, 9.17) is 0 Å². The van der Waals surface area contributed by atoms with E-state index in [9.17, 15) is 14.0 Å². The maximum Gasteiger partial charge on any atom is 0.274 e. The van der Waals surface area contributed by atoms with Crippen LogP contribution in [0.5, 0.6) is 0 Å². The predicted octanol–water partition coefficient (Wildman–Crippen LogP) is 4.38. The molecule has 0 spiro atoms. The Hall–Kier alpha value is -4.06. The van der Waals surface area contributed by atoms with Gasteiger partial charge < -0.3 is 4.40 Å². The van der Waals surface area contributed by atoms with Gasteiger partial charge in [0.25, 0.3) is 5.91 Å². The zero-order valence-electron chi connectivity index (χ0n) is 16.2. The maximum atomic E-state index is 13.8. The minimum Gasteiger partial charge on any atom is -0.313 e. The van der Waals surface area contributed by atoms with Crippen LogP contribution in [-0.2, 0) is 0 Å². The van der Waals surface area contributed by atoms with Gasteiger partial charge in [-0.05, 0) is 36.8 Å². The van der Waals surface area contributed by atoms with Gasteiger partial charge in [-0.2, -0.15) is 5.10 Å². The van der Waals surface area contributed by atoms with Gasteiger partial charge in [0.15, 0.2) is 0 Å². The van der Waals surface area contributed by atoms with E-state index in [0.717, 1.165) is 11.1 Å². The van der Waals surface area contributed by atoms with Crippen molar-refractivity contribution in [1.82, 2.24) is 9.83 Å². The first kappa shape index (κ1) is 19.3. The van der Waals surface area contributed by atoms with E-state index >= 15 is 0 Å². The van der Waals surface area contributed by atoms with Crippen LogP contribution in [0, 0.1) is 12.7 Å². The zero-order chi connectivity index (χ0) is 21.1. The fraction of sp³-hybridized carbons (Fsp3) is 0.0417. The Labute approximate surface area is 172 Å². The first-order chi connectivity index (χ1) is 14.6. The summed E-state index contributed by atoms with van der Waals surface area (Å²) in [5, 5.41) is 4.00. The molecule has 148 valence electrons. The normalized spacial score (nSPS) is 11.1. The molecule has 0 aliphatic carbocycles. The molecule has 0 bridgehead atoms. The van der Waals surface area contributed by atoms with Crippen LogP contribution < -0.4 is 5.43 Å². The van der Waals surface area contributed by atoms with Crippen molar-refractivity contribution in [2.24, 2.45) is 5.10 Å². The third-order valence-corrected chi connectivity index (χ3v) is 4.87. The molecule has 5 nitrogen and oxygen atoms in total. The van der Waals surface area contributed by atoms with Gasteiger partial charge in [-0.15, -0.1) is 0 Å². The topological polar surface area (TPSA) is 62.9 Å². The van der Waals surface area contributed by atoms with Crippen molar-refractivity contribution >= 4 is 23.4 Å². The van der Waals surface area contributed by atoms with Gasteiger partial charge >= 0.3 is 0 Å². The van der Waals surface area contributed by atoms with Crippen molar-refractivity contribution in [2.75, 3.05) is 0 Å². The van der Waals surface area contributed by atoms with Gasteiger partial charge in [-0.1, -0.05) is 48.5 Å². The lowest BCUT2D eigenvalue weighted by Gasteiger charge is -2.03. The highest BCUT2D eigenvalue weighted by atomic mass is 19.1. The summed E-state index contributed by atoms with van der Waals surface area (Å²) < 4.78 is 15.6. The fourth-order valence-electron chi connectivity index (χ4n) is 3.39. The van der Waals surface area contributed by atoms with Crippen molar-refractivity contribution in [2.45, 2.75) is 6.92 Å². The van der Waals surface area contributed by atoms with Crippen molar-refractivity contribution in [1.29, 1.82) is 0 Å². The number of hydrogen-bond donors (Lipinski definition) is 1. The van der Waals surface area contributed by atoms with Gasteiger partial charge in [-0.3, -0.25) is 9.59 Å². The van der Waals surface area contributed by atoms with Crippen LogP contribution in [0.15, 0.2) is 84.1 Å². The highest BCUT2D eigenvalue weighted by Crippen LogP contribution is 2.24. The Bertz CT molecular complexity index is 1280. The number of halogens is 1. The van der Waals surface area contributed by atoms with Crippen LogP contribution in [0.25, 0.3) is 5.52 Å². The van der Waals surface area contributed by atoms with Gasteiger partial charge in [0.1, 0.15) is 5.82 Å². The first-order valence-corrected chi connectivity index (χ1v) is 9.35. The molecule has 2 aromatic heterocycles. The maximum absolute atomic E-state index is 13.8. The summed E-state index contributed by atoms with van der Waals surface area (Å²) in [5.74, 6) is -1.37. The van der Waals surface area contributed by atoms with Crippen LogP contribution in [0.3, 0.4) is 0 Å². The summed E-state index contributed by atoms with van der Waals surface area (Å²) in [6.07, 6.45) is 3.29. The molecular weight excluding hydrogens is 381 g/mol. The Balaban J connectivity index is 1.69. The molecule has 2 aromatic carbocycles. The second-order valence-electron chi connectivity index (χ2n) is 6.72. The molecule has 0 aliphatic rings. The first-order valence-electron chi connectivity index (χ1n) is 9.35. The number of fused-ring (bicyclic) bond motifs is 1. The monoisotopic (exact) mass is 399 g/mol. The van der Waals surface area contributed by atoms with Crippen molar-refractivity contribution in [3.63, 3.8) is 0 Å². The third-order valence-electron chi connectivity index (χ3n) is 4.87. The molecule has 1 N–H and O–H groups in total. The van der Waals surface area contributed by atoms with E-state index in [1.807, 2.05) is 53.9 Å². The molecule has 6 heteroatoms. The average Bonchev–Trinajstić information content (AvgIpc) is 3.05. The van der Waals surface area contributed by atoms with Crippen molar-refractivity contribution in [3.05, 3.63) is 113 Å². The lowest BCUT2D eigenvalue weighted by molar-refractivity contribution is 0.0950. The second kappa shape index (κ2) is 8.13. The number of ketones is 1. The molecule has 0 unspecified atom stereocenters. The molecule has 0 aliphatic heterocycles. The Morgan fingerprint density at radius 2 is 1.67 bits per heavy atom. The van der Waals surface area contributed by atoms with E-state index in [-0.39, 0.29) is 11.3 Å². The average molecular weight is 399 g/mol. The van der Waals surface area contributed by atoms with Crippen molar-refractivity contribution in [3.8, 4) is 0 Å². The van der Waals surface area contributed by atoms with Gasteiger partial charge in [0.2, 0.25) is 5.78 Å². The summed E-state index contributed by atoms with van der Waals surface area (Å²) in [6.45, 7) is 1.84. The third kappa shape index (κ3) is 3.51. The molecule has 0 fully saturated rings. The van der Waals surface area contributed by atoms with Crippen LogP contribution in [0.1, 0.15) is 37.5 Å². The smallest absolute Gasteiger partial charge is 0.274 e. The number of hydrogen-bond acceptors (Lipinski definition) is 3. The van der Waals surface area contributed by atoms with Gasteiger partial charge in [-0.25, -0.2) is 9.82 Å².